The third kappa shape index (κ3) is 9.38. The number of ketones is 2. The van der Waals surface area contributed by atoms with Gasteiger partial charge >= 0.3 is 5.97 Å². The normalized spacial score (nSPS) is 30.9. The number of allylic oxidation sites excluding steroid dienone is 2. The lowest BCUT2D eigenvalue weighted by atomic mass is 9.82. The number of cyclic esters (lactones) is 1. The fraction of sp³-hybridized carbons (Fsp3) is 0.720. The summed E-state index contributed by atoms with van der Waals surface area (Å²) in [6.07, 6.45) is 4.81. The monoisotopic (exact) mass is 420 g/mol. The van der Waals surface area contributed by atoms with Gasteiger partial charge in [-0.05, 0) is 75.9 Å². The van der Waals surface area contributed by atoms with Crippen LogP contribution in [0.2, 0.25) is 0 Å². The lowest BCUT2D eigenvalue weighted by Gasteiger charge is -2.28. The summed E-state index contributed by atoms with van der Waals surface area (Å²) in [6, 6.07) is 0. The molecule has 0 spiro atoms. The van der Waals surface area contributed by atoms with Gasteiger partial charge in [-0.1, -0.05) is 33.3 Å². The molecule has 5 nitrogen and oxygen atoms in total. The van der Waals surface area contributed by atoms with Crippen molar-refractivity contribution in [3.8, 4) is 0 Å². The zero-order valence-corrected chi connectivity index (χ0v) is 19.7. The third-order valence-corrected chi connectivity index (χ3v) is 6.22. The summed E-state index contributed by atoms with van der Waals surface area (Å²) in [5.41, 5.74) is 1.52. The number of hydrogen-bond acceptors (Lipinski definition) is 5. The summed E-state index contributed by atoms with van der Waals surface area (Å²) in [5, 5.41) is 10.2. The molecule has 0 aliphatic carbocycles. The van der Waals surface area contributed by atoms with Crippen molar-refractivity contribution in [3.05, 3.63) is 23.3 Å². The minimum absolute atomic E-state index is 0.0299. The highest BCUT2D eigenvalue weighted by molar-refractivity contribution is 5.87. The van der Waals surface area contributed by atoms with Crippen molar-refractivity contribution in [2.75, 3.05) is 0 Å². The van der Waals surface area contributed by atoms with Crippen LogP contribution in [0.3, 0.4) is 0 Å². The number of carbonyl (C=O) groups excluding carboxylic acids is 3. The Labute approximate surface area is 182 Å². The second-order valence-corrected chi connectivity index (χ2v) is 9.61. The molecule has 170 valence electrons. The molecule has 0 saturated carbocycles. The van der Waals surface area contributed by atoms with E-state index < -0.39 is 12.1 Å². The maximum Gasteiger partial charge on any atom is 0.331 e. The highest BCUT2D eigenvalue weighted by Gasteiger charge is 2.27. The van der Waals surface area contributed by atoms with Crippen molar-refractivity contribution >= 4 is 17.5 Å². The Kier molecular flexibility index (Phi) is 10.7. The van der Waals surface area contributed by atoms with Crippen LogP contribution in [0.1, 0.15) is 80.6 Å². The van der Waals surface area contributed by atoms with Crippen LogP contribution in [0.5, 0.6) is 0 Å². The molecular weight excluding hydrogens is 380 g/mol. The molecule has 6 atom stereocenters. The quantitative estimate of drug-likeness (QED) is 0.492. The van der Waals surface area contributed by atoms with Gasteiger partial charge in [0.1, 0.15) is 11.9 Å². The Morgan fingerprint density at radius 3 is 2.43 bits per heavy atom. The van der Waals surface area contributed by atoms with E-state index in [0.717, 1.165) is 18.4 Å². The standard InChI is InChI=1S/C25H40O5/c1-15(10-21(7)26)8-17(3)18(4)12-22-11-16(2)9-19(5)23(27)14-24(28)20(6)13-25(29)30-22/h10,13,16-19,22,24,28H,8-9,11-12,14H2,1-7H3/b15-10+,20-13+/t16-,17?,18+,19+,22?,24+/m0/s1. The second kappa shape index (κ2) is 12.2. The van der Waals surface area contributed by atoms with Crippen LogP contribution in [-0.2, 0) is 19.1 Å². The highest BCUT2D eigenvalue weighted by atomic mass is 16.5. The molecule has 1 heterocycles. The van der Waals surface area contributed by atoms with Gasteiger partial charge in [-0.3, -0.25) is 9.59 Å². The van der Waals surface area contributed by atoms with Gasteiger partial charge in [0.2, 0.25) is 0 Å². The Morgan fingerprint density at radius 2 is 1.83 bits per heavy atom. The van der Waals surface area contributed by atoms with Gasteiger partial charge in [0.25, 0.3) is 0 Å². The lowest BCUT2D eigenvalue weighted by molar-refractivity contribution is -0.145. The Balaban J connectivity index is 2.94. The largest absolute Gasteiger partial charge is 0.459 e. The predicted molar refractivity (Wildman–Crippen MR) is 119 cm³/mol. The van der Waals surface area contributed by atoms with Gasteiger partial charge < -0.3 is 9.84 Å². The Hall–Kier alpha value is -1.75. The van der Waals surface area contributed by atoms with E-state index in [0.29, 0.717) is 30.3 Å². The molecule has 0 fully saturated rings. The fourth-order valence-electron chi connectivity index (χ4n) is 4.27. The Morgan fingerprint density at radius 1 is 1.20 bits per heavy atom. The highest BCUT2D eigenvalue weighted by Crippen LogP contribution is 2.29. The van der Waals surface area contributed by atoms with Crippen LogP contribution in [0.15, 0.2) is 23.3 Å². The van der Waals surface area contributed by atoms with E-state index in [1.54, 1.807) is 19.9 Å². The van der Waals surface area contributed by atoms with E-state index in [4.69, 9.17) is 4.74 Å². The van der Waals surface area contributed by atoms with Gasteiger partial charge in [-0.2, -0.15) is 0 Å². The van der Waals surface area contributed by atoms with Gasteiger partial charge in [-0.15, -0.1) is 0 Å². The molecule has 1 aliphatic heterocycles. The molecule has 0 amide bonds. The number of aliphatic hydroxyl groups is 1. The first kappa shape index (κ1) is 26.3. The first-order valence-electron chi connectivity index (χ1n) is 11.2. The van der Waals surface area contributed by atoms with E-state index in [1.807, 2.05) is 13.8 Å². The van der Waals surface area contributed by atoms with Crippen molar-refractivity contribution in [2.24, 2.45) is 23.7 Å². The average molecular weight is 421 g/mol. The molecule has 1 N–H and O–H groups in total. The minimum Gasteiger partial charge on any atom is -0.459 e. The van der Waals surface area contributed by atoms with Crippen molar-refractivity contribution in [2.45, 2.75) is 92.8 Å². The number of rotatable bonds is 6. The van der Waals surface area contributed by atoms with Crippen molar-refractivity contribution in [3.63, 3.8) is 0 Å². The number of Topliss-reactive ketones (excluding diaryl/α,β-unsaturated/α-hetero) is 1. The summed E-state index contributed by atoms with van der Waals surface area (Å²) in [7, 11) is 0. The van der Waals surface area contributed by atoms with E-state index in [2.05, 4.69) is 20.8 Å². The molecule has 0 aromatic heterocycles. The number of ether oxygens (including phenoxy) is 1. The van der Waals surface area contributed by atoms with Gasteiger partial charge in [0.15, 0.2) is 5.78 Å². The summed E-state index contributed by atoms with van der Waals surface area (Å²) < 4.78 is 5.78. The molecular formula is C25H40O5. The maximum atomic E-state index is 12.4. The van der Waals surface area contributed by atoms with Crippen molar-refractivity contribution in [1.82, 2.24) is 0 Å². The summed E-state index contributed by atoms with van der Waals surface area (Å²) in [5.74, 6) is 0.366. The lowest BCUT2D eigenvalue weighted by Crippen LogP contribution is -2.28. The van der Waals surface area contributed by atoms with Crippen LogP contribution in [0.25, 0.3) is 0 Å². The number of carbonyl (C=O) groups is 3. The molecule has 1 rings (SSSR count). The first-order chi connectivity index (χ1) is 13.9. The molecule has 5 heteroatoms. The van der Waals surface area contributed by atoms with Crippen LogP contribution >= 0.6 is 0 Å². The van der Waals surface area contributed by atoms with Crippen LogP contribution < -0.4 is 0 Å². The molecule has 30 heavy (non-hydrogen) atoms. The molecule has 1 aliphatic rings. The van der Waals surface area contributed by atoms with Gasteiger partial charge in [-0.25, -0.2) is 4.79 Å². The first-order valence-corrected chi connectivity index (χ1v) is 11.2. The molecule has 0 radical (unpaired) electrons. The molecule has 0 aromatic rings. The number of esters is 1. The van der Waals surface area contributed by atoms with E-state index in [-0.39, 0.29) is 35.9 Å². The van der Waals surface area contributed by atoms with Crippen LogP contribution in [-0.4, -0.2) is 34.9 Å². The number of aliphatic hydroxyl groups excluding tert-OH is 1. The zero-order valence-electron chi connectivity index (χ0n) is 19.7. The third-order valence-electron chi connectivity index (χ3n) is 6.22. The average Bonchev–Trinajstić information content (AvgIpc) is 2.59. The summed E-state index contributed by atoms with van der Waals surface area (Å²) in [6.45, 7) is 13.5. The van der Waals surface area contributed by atoms with Gasteiger partial charge in [0.05, 0.1) is 6.10 Å². The van der Waals surface area contributed by atoms with Crippen molar-refractivity contribution in [1.29, 1.82) is 0 Å². The number of hydrogen-bond donors (Lipinski definition) is 1. The van der Waals surface area contributed by atoms with Crippen molar-refractivity contribution < 1.29 is 24.2 Å². The zero-order chi connectivity index (χ0) is 23.0. The SMILES string of the molecule is CC(=O)/C=C(\C)CC(C)[C@H](C)CC1C[C@@H](C)C[C@@H](C)C(=O)C[C@@H](O)/C(C)=C/C(=O)O1. The Bertz CT molecular complexity index is 675. The van der Waals surface area contributed by atoms with Crippen LogP contribution in [0.4, 0.5) is 0 Å². The van der Waals surface area contributed by atoms with E-state index >= 15 is 0 Å². The van der Waals surface area contributed by atoms with E-state index in [9.17, 15) is 19.5 Å². The van der Waals surface area contributed by atoms with Gasteiger partial charge in [0, 0.05) is 18.4 Å². The topological polar surface area (TPSA) is 80.7 Å². The molecule has 0 saturated heterocycles. The minimum atomic E-state index is -0.948. The van der Waals surface area contributed by atoms with E-state index in [1.165, 1.54) is 6.08 Å². The maximum absolute atomic E-state index is 12.4. The molecule has 2 unspecified atom stereocenters. The summed E-state index contributed by atoms with van der Waals surface area (Å²) in [4.78, 5) is 36.1. The smallest absolute Gasteiger partial charge is 0.331 e. The molecule has 0 bridgehead atoms. The molecule has 0 aromatic carbocycles. The predicted octanol–water partition coefficient (Wildman–Crippen LogP) is 4.82. The second-order valence-electron chi connectivity index (χ2n) is 9.61. The summed E-state index contributed by atoms with van der Waals surface area (Å²) >= 11 is 0. The van der Waals surface area contributed by atoms with Crippen LogP contribution in [0, 0.1) is 23.7 Å². The fourth-order valence-corrected chi connectivity index (χ4v) is 4.27.